The van der Waals surface area contributed by atoms with E-state index < -0.39 is 4.92 Å². The van der Waals surface area contributed by atoms with Gasteiger partial charge in [-0.3, -0.25) is 10.1 Å². The summed E-state index contributed by atoms with van der Waals surface area (Å²) in [6, 6.07) is 21.3. The van der Waals surface area contributed by atoms with Crippen LogP contribution in [0.15, 0.2) is 72.8 Å². The Morgan fingerprint density at radius 3 is 2.47 bits per heavy atom. The molecule has 0 N–H and O–H groups in total. The molecule has 1 aromatic heterocycles. The van der Waals surface area contributed by atoms with E-state index in [1.807, 2.05) is 42.5 Å². The first-order chi connectivity index (χ1) is 14.6. The number of hydrogen-bond acceptors (Lipinski definition) is 5. The fourth-order valence-electron chi connectivity index (χ4n) is 2.91. The van der Waals surface area contributed by atoms with E-state index in [0.29, 0.717) is 27.7 Å². The first-order valence-electron chi connectivity index (χ1n) is 9.15. The lowest BCUT2D eigenvalue weighted by molar-refractivity contribution is -0.384. The lowest BCUT2D eigenvalue weighted by Gasteiger charge is -2.09. The number of halogens is 1. The monoisotopic (exact) mass is 417 g/mol. The van der Waals surface area contributed by atoms with E-state index in [-0.39, 0.29) is 12.3 Å². The number of fused-ring (bicyclic) bond motifs is 1. The fourth-order valence-corrected chi connectivity index (χ4v) is 3.12. The molecule has 0 saturated carbocycles. The van der Waals surface area contributed by atoms with Crippen molar-refractivity contribution in [2.75, 3.05) is 0 Å². The topological polar surface area (TPSA) is 78.2 Å². The largest absolute Gasteiger partial charge is 0.471 e. The molecule has 4 rings (SSSR count). The van der Waals surface area contributed by atoms with Crippen molar-refractivity contribution in [3.8, 4) is 5.88 Å². The lowest BCUT2D eigenvalue weighted by Crippen LogP contribution is -2.01. The van der Waals surface area contributed by atoms with E-state index in [9.17, 15) is 10.1 Å². The molecule has 0 bridgehead atoms. The third kappa shape index (κ3) is 4.61. The van der Waals surface area contributed by atoms with E-state index >= 15 is 0 Å². The Balaban J connectivity index is 1.67. The molecule has 0 amide bonds. The van der Waals surface area contributed by atoms with Gasteiger partial charge in [0, 0.05) is 17.2 Å². The summed E-state index contributed by atoms with van der Waals surface area (Å²) < 4.78 is 5.94. The van der Waals surface area contributed by atoms with Crippen LogP contribution in [0, 0.1) is 10.1 Å². The molecule has 148 valence electrons. The molecule has 0 saturated heterocycles. The van der Waals surface area contributed by atoms with Crippen LogP contribution in [-0.2, 0) is 6.61 Å². The molecule has 7 heteroatoms. The highest BCUT2D eigenvalue weighted by Gasteiger charge is 2.09. The minimum Gasteiger partial charge on any atom is -0.471 e. The van der Waals surface area contributed by atoms with Crippen molar-refractivity contribution >= 4 is 40.5 Å². The van der Waals surface area contributed by atoms with Crippen LogP contribution in [0.4, 0.5) is 5.69 Å². The molecule has 30 heavy (non-hydrogen) atoms. The maximum atomic E-state index is 11.0. The van der Waals surface area contributed by atoms with Gasteiger partial charge in [0.15, 0.2) is 0 Å². The summed E-state index contributed by atoms with van der Waals surface area (Å²) in [7, 11) is 0. The second-order valence-electron chi connectivity index (χ2n) is 6.51. The average molecular weight is 418 g/mol. The predicted octanol–water partition coefficient (Wildman–Crippen LogP) is 5.94. The second-order valence-corrected chi connectivity index (χ2v) is 6.94. The van der Waals surface area contributed by atoms with Gasteiger partial charge in [0.1, 0.15) is 12.3 Å². The molecule has 1 heterocycles. The molecular formula is C23H16ClN3O3. The molecule has 0 aliphatic heterocycles. The Morgan fingerprint density at radius 1 is 0.933 bits per heavy atom. The number of benzene rings is 3. The summed E-state index contributed by atoms with van der Waals surface area (Å²) in [5.74, 6) is 0.371. The van der Waals surface area contributed by atoms with Crippen LogP contribution >= 0.6 is 11.6 Å². The summed E-state index contributed by atoms with van der Waals surface area (Å²) >= 11 is 6.05. The number of nitro groups is 1. The zero-order chi connectivity index (χ0) is 20.9. The van der Waals surface area contributed by atoms with E-state index in [0.717, 1.165) is 11.1 Å². The molecule has 0 aliphatic rings. The van der Waals surface area contributed by atoms with Gasteiger partial charge >= 0.3 is 0 Å². The first-order valence-corrected chi connectivity index (χ1v) is 9.53. The first kappa shape index (κ1) is 19.5. The summed E-state index contributed by atoms with van der Waals surface area (Å²) in [6.45, 7) is 0.283. The molecule has 6 nitrogen and oxygen atoms in total. The van der Waals surface area contributed by atoms with Gasteiger partial charge in [0.25, 0.3) is 5.69 Å². The van der Waals surface area contributed by atoms with Gasteiger partial charge in [-0.15, -0.1) is 0 Å². The predicted molar refractivity (Wildman–Crippen MR) is 117 cm³/mol. The Kier molecular flexibility index (Phi) is 5.68. The highest BCUT2D eigenvalue weighted by atomic mass is 35.5. The van der Waals surface area contributed by atoms with Crippen molar-refractivity contribution in [3.63, 3.8) is 0 Å². The number of nitrogens with zero attached hydrogens (tertiary/aromatic N) is 3. The van der Waals surface area contributed by atoms with E-state index in [4.69, 9.17) is 16.3 Å². The zero-order valence-electron chi connectivity index (χ0n) is 15.7. The fraction of sp³-hybridized carbons (Fsp3) is 0.0435. The number of hydrogen-bond donors (Lipinski definition) is 0. The van der Waals surface area contributed by atoms with Crippen molar-refractivity contribution in [1.29, 1.82) is 0 Å². The van der Waals surface area contributed by atoms with Crippen molar-refractivity contribution in [1.82, 2.24) is 9.97 Å². The van der Waals surface area contributed by atoms with Crippen molar-refractivity contribution < 1.29 is 9.66 Å². The van der Waals surface area contributed by atoms with E-state index in [1.54, 1.807) is 30.4 Å². The molecule has 0 aliphatic carbocycles. The van der Waals surface area contributed by atoms with E-state index in [2.05, 4.69) is 9.97 Å². The van der Waals surface area contributed by atoms with Gasteiger partial charge in [-0.25, -0.2) is 9.97 Å². The van der Waals surface area contributed by atoms with Crippen LogP contribution in [0.2, 0.25) is 5.02 Å². The van der Waals surface area contributed by atoms with Gasteiger partial charge in [-0.05, 0) is 41.5 Å². The lowest BCUT2D eigenvalue weighted by atomic mass is 10.1. The average Bonchev–Trinajstić information content (AvgIpc) is 2.76. The third-order valence-corrected chi connectivity index (χ3v) is 4.58. The van der Waals surface area contributed by atoms with Gasteiger partial charge in [-0.1, -0.05) is 54.1 Å². The Bertz CT molecular complexity index is 1260. The smallest absolute Gasteiger partial charge is 0.270 e. The summed E-state index contributed by atoms with van der Waals surface area (Å²) in [5, 5.41) is 11.6. The molecule has 0 fully saturated rings. The summed E-state index contributed by atoms with van der Waals surface area (Å²) in [5.41, 5.74) is 3.59. The summed E-state index contributed by atoms with van der Waals surface area (Å²) in [6.07, 6.45) is 3.49. The maximum absolute atomic E-state index is 11.0. The highest BCUT2D eigenvalue weighted by Crippen LogP contribution is 2.23. The molecule has 0 spiro atoms. The van der Waals surface area contributed by atoms with Crippen LogP contribution < -0.4 is 4.74 Å². The molecule has 3 aromatic carbocycles. The Labute approximate surface area is 177 Å². The van der Waals surface area contributed by atoms with Gasteiger partial charge < -0.3 is 4.74 Å². The third-order valence-electron chi connectivity index (χ3n) is 4.34. The quantitative estimate of drug-likeness (QED) is 0.286. The maximum Gasteiger partial charge on any atom is 0.270 e. The summed E-state index contributed by atoms with van der Waals surface area (Å²) in [4.78, 5) is 19.8. The van der Waals surface area contributed by atoms with Crippen molar-refractivity contribution in [2.45, 2.75) is 6.61 Å². The molecular weight excluding hydrogens is 402 g/mol. The molecule has 0 atom stereocenters. The number of aromatic nitrogens is 2. The van der Waals surface area contributed by atoms with Crippen LogP contribution in [0.3, 0.4) is 0 Å². The van der Waals surface area contributed by atoms with Gasteiger partial charge in [0.2, 0.25) is 5.88 Å². The standard InChI is InChI=1S/C23H16ClN3O3/c24-18-7-3-6-17(13-18)15-30-23-22(25-20-9-1-2-10-21(20)26-23)12-11-16-5-4-8-19(14-16)27(28)29/h1-14H,15H2/b12-11+. The molecule has 4 aromatic rings. The Hall–Kier alpha value is -3.77. The molecule has 0 unspecified atom stereocenters. The highest BCUT2D eigenvalue weighted by molar-refractivity contribution is 6.30. The molecule has 0 radical (unpaired) electrons. The van der Waals surface area contributed by atoms with E-state index in [1.165, 1.54) is 12.1 Å². The number of rotatable bonds is 6. The minimum absolute atomic E-state index is 0.0270. The number of para-hydroxylation sites is 2. The number of ether oxygens (including phenoxy) is 1. The van der Waals surface area contributed by atoms with Crippen LogP contribution in [0.5, 0.6) is 5.88 Å². The van der Waals surface area contributed by atoms with Crippen LogP contribution in [0.1, 0.15) is 16.8 Å². The normalized spacial score (nSPS) is 11.1. The van der Waals surface area contributed by atoms with Crippen molar-refractivity contribution in [2.24, 2.45) is 0 Å². The minimum atomic E-state index is -0.424. The van der Waals surface area contributed by atoms with Crippen LogP contribution in [-0.4, -0.2) is 14.9 Å². The van der Waals surface area contributed by atoms with Gasteiger partial charge in [0.05, 0.1) is 16.0 Å². The second kappa shape index (κ2) is 8.71. The van der Waals surface area contributed by atoms with Crippen molar-refractivity contribution in [3.05, 3.63) is 105 Å². The van der Waals surface area contributed by atoms with Crippen LogP contribution in [0.25, 0.3) is 23.2 Å². The Morgan fingerprint density at radius 2 is 1.70 bits per heavy atom. The SMILES string of the molecule is O=[N+]([O-])c1cccc(/C=C/c2nc3ccccc3nc2OCc2cccc(Cl)c2)c1. The van der Waals surface area contributed by atoms with Gasteiger partial charge in [-0.2, -0.15) is 0 Å². The number of nitro benzene ring substituents is 1. The number of non-ortho nitro benzene ring substituents is 1. The zero-order valence-corrected chi connectivity index (χ0v) is 16.5.